The first-order valence-electron chi connectivity index (χ1n) is 14.1. The van der Waals surface area contributed by atoms with Gasteiger partial charge in [-0.3, -0.25) is 9.59 Å². The molecule has 0 saturated heterocycles. The predicted molar refractivity (Wildman–Crippen MR) is 142 cm³/mol. The van der Waals surface area contributed by atoms with Gasteiger partial charge in [0.15, 0.2) is 0 Å². The number of Topliss-reactive ketones (excluding diaryl/α,β-unsaturated/α-hetero) is 1. The fourth-order valence-electron chi connectivity index (χ4n) is 9.60. The van der Waals surface area contributed by atoms with Crippen LogP contribution in [0, 0.1) is 39.9 Å². The highest BCUT2D eigenvalue weighted by atomic mass is 16.5. The molecule has 37 heavy (non-hydrogen) atoms. The molecule has 0 spiro atoms. The summed E-state index contributed by atoms with van der Waals surface area (Å²) in [5, 5.41) is 22.2. The molecule has 0 unspecified atom stereocenters. The lowest BCUT2D eigenvalue weighted by molar-refractivity contribution is -0.223. The summed E-state index contributed by atoms with van der Waals surface area (Å²) in [6.07, 6.45) is 6.01. The summed E-state index contributed by atoms with van der Waals surface area (Å²) in [6, 6.07) is 0. The first kappa shape index (κ1) is 28.1. The first-order chi connectivity index (χ1) is 17.2. The van der Waals surface area contributed by atoms with Crippen molar-refractivity contribution in [3.63, 3.8) is 0 Å². The lowest BCUT2D eigenvalue weighted by Crippen LogP contribution is -2.65. The van der Waals surface area contributed by atoms with Crippen LogP contribution in [-0.4, -0.2) is 40.1 Å². The number of ether oxygens (including phenoxy) is 1. The zero-order valence-electron chi connectivity index (χ0n) is 23.7. The van der Waals surface area contributed by atoms with Gasteiger partial charge in [-0.05, 0) is 98.4 Å². The third-order valence-electron chi connectivity index (χ3n) is 11.4. The third-order valence-corrected chi connectivity index (χ3v) is 11.4. The van der Waals surface area contributed by atoms with Gasteiger partial charge in [-0.1, -0.05) is 39.3 Å². The van der Waals surface area contributed by atoms with Crippen molar-refractivity contribution >= 4 is 17.7 Å². The van der Waals surface area contributed by atoms with E-state index < -0.39 is 24.1 Å². The van der Waals surface area contributed by atoms with Crippen LogP contribution in [0.25, 0.3) is 0 Å². The first-order valence-corrected chi connectivity index (χ1v) is 14.1. The summed E-state index contributed by atoms with van der Waals surface area (Å²) in [4.78, 5) is 37.4. The second-order valence-corrected chi connectivity index (χ2v) is 13.4. The monoisotopic (exact) mass is 514 g/mol. The van der Waals surface area contributed by atoms with Crippen LogP contribution in [0.3, 0.4) is 0 Å². The normalized spacial score (nSPS) is 44.3. The second kappa shape index (κ2) is 9.66. The SMILES string of the molecule is CC(=O)O[C@H]1C[C@@]2(C)[C@@H](C[C@@H](O)[C@H]3[C@@]4(C)CCC(=O)[C@@H](C)[C@@H]4CC[C@@]32C)C1=C(CCC=C(C)C)C(=O)O. The largest absolute Gasteiger partial charge is 0.478 e. The molecule has 0 radical (unpaired) electrons. The number of carbonyl (C=O) groups excluding carboxylic acids is 2. The zero-order valence-corrected chi connectivity index (χ0v) is 23.7. The zero-order chi connectivity index (χ0) is 27.5. The molecule has 0 amide bonds. The molecule has 4 aliphatic rings. The molecule has 9 atom stereocenters. The number of hydrogen-bond donors (Lipinski definition) is 2. The Bertz CT molecular complexity index is 1040. The van der Waals surface area contributed by atoms with Gasteiger partial charge in [0.25, 0.3) is 0 Å². The van der Waals surface area contributed by atoms with Gasteiger partial charge in [0, 0.05) is 24.8 Å². The molecule has 0 aliphatic heterocycles. The molecule has 4 fully saturated rings. The third kappa shape index (κ3) is 4.31. The van der Waals surface area contributed by atoms with E-state index in [9.17, 15) is 24.6 Å². The van der Waals surface area contributed by atoms with Gasteiger partial charge in [0.2, 0.25) is 0 Å². The Morgan fingerprint density at radius 3 is 2.38 bits per heavy atom. The van der Waals surface area contributed by atoms with Crippen LogP contribution in [0.15, 0.2) is 22.8 Å². The molecule has 4 rings (SSSR count). The van der Waals surface area contributed by atoms with E-state index >= 15 is 0 Å². The molecule has 6 heteroatoms. The number of carboxylic acids is 1. The van der Waals surface area contributed by atoms with Crippen molar-refractivity contribution in [2.45, 2.75) is 112 Å². The number of esters is 1. The number of aliphatic carboxylic acids is 1. The lowest BCUT2D eigenvalue weighted by atomic mass is 9.36. The van der Waals surface area contributed by atoms with Gasteiger partial charge in [0.05, 0.1) is 6.10 Å². The minimum absolute atomic E-state index is 0.00236. The molecule has 206 valence electrons. The highest BCUT2D eigenvalue weighted by Crippen LogP contribution is 2.74. The van der Waals surface area contributed by atoms with Crippen LogP contribution in [0.5, 0.6) is 0 Å². The summed E-state index contributed by atoms with van der Waals surface area (Å²) in [5.74, 6) is -0.945. The van der Waals surface area contributed by atoms with Crippen LogP contribution in [-0.2, 0) is 19.1 Å². The Balaban J connectivity index is 1.83. The Morgan fingerprint density at radius 1 is 1.11 bits per heavy atom. The van der Waals surface area contributed by atoms with E-state index in [0.29, 0.717) is 49.0 Å². The maximum Gasteiger partial charge on any atom is 0.331 e. The van der Waals surface area contributed by atoms with Crippen LogP contribution < -0.4 is 0 Å². The number of aliphatic hydroxyl groups excluding tert-OH is 1. The van der Waals surface area contributed by atoms with E-state index in [1.54, 1.807) is 0 Å². The van der Waals surface area contributed by atoms with Gasteiger partial charge >= 0.3 is 11.9 Å². The highest BCUT2D eigenvalue weighted by molar-refractivity contribution is 5.88. The number of ketones is 1. The summed E-state index contributed by atoms with van der Waals surface area (Å²) >= 11 is 0. The molecular weight excluding hydrogens is 468 g/mol. The van der Waals surface area contributed by atoms with E-state index in [4.69, 9.17) is 4.74 Å². The average Bonchev–Trinajstić information content (AvgIpc) is 3.05. The Labute approximate surface area is 221 Å². The molecule has 0 aromatic carbocycles. The Kier molecular flexibility index (Phi) is 7.33. The number of carboxylic acid groups (broad SMARTS) is 1. The van der Waals surface area contributed by atoms with Gasteiger partial charge < -0.3 is 14.9 Å². The standard InChI is InChI=1S/C31H46O6/c1-17(2)9-8-10-20(28(35)36)26-22-15-24(34)27-29(5)13-12-23(33)18(3)21(29)11-14-30(27,6)31(22,7)16-25(26)37-19(4)32/h9,18,21-22,24-25,27,34H,8,10-16H2,1-7H3,(H,35,36)/t18-,21-,22-,24+,25-,27-,29-,30-,31-/m0/s1. The lowest BCUT2D eigenvalue weighted by Gasteiger charge is -2.68. The van der Waals surface area contributed by atoms with E-state index in [2.05, 4.69) is 27.7 Å². The number of hydrogen-bond acceptors (Lipinski definition) is 5. The maximum atomic E-state index is 12.6. The van der Waals surface area contributed by atoms with Crippen LogP contribution >= 0.6 is 0 Å². The van der Waals surface area contributed by atoms with E-state index in [-0.39, 0.29) is 39.9 Å². The van der Waals surface area contributed by atoms with Crippen LogP contribution in [0.1, 0.15) is 99.8 Å². The Morgan fingerprint density at radius 2 is 1.78 bits per heavy atom. The minimum atomic E-state index is -0.962. The molecule has 6 nitrogen and oxygen atoms in total. The average molecular weight is 515 g/mol. The molecule has 4 aliphatic carbocycles. The maximum absolute atomic E-state index is 12.6. The fourth-order valence-corrected chi connectivity index (χ4v) is 9.60. The fraction of sp³-hybridized carbons (Fsp3) is 0.774. The molecule has 0 aromatic heterocycles. The molecule has 4 saturated carbocycles. The van der Waals surface area contributed by atoms with Crippen LogP contribution in [0.2, 0.25) is 0 Å². The molecule has 0 bridgehead atoms. The van der Waals surface area contributed by atoms with Crippen molar-refractivity contribution in [2.24, 2.45) is 39.9 Å². The highest BCUT2D eigenvalue weighted by Gasteiger charge is 2.70. The van der Waals surface area contributed by atoms with Crippen molar-refractivity contribution in [1.29, 1.82) is 0 Å². The van der Waals surface area contributed by atoms with Crippen molar-refractivity contribution in [1.82, 2.24) is 0 Å². The number of allylic oxidation sites excluding steroid dienone is 2. The smallest absolute Gasteiger partial charge is 0.331 e. The molecule has 2 N–H and O–H groups in total. The van der Waals surface area contributed by atoms with Crippen molar-refractivity contribution in [3.8, 4) is 0 Å². The summed E-state index contributed by atoms with van der Waals surface area (Å²) in [7, 11) is 0. The van der Waals surface area contributed by atoms with Crippen molar-refractivity contribution in [2.75, 3.05) is 0 Å². The quantitative estimate of drug-likeness (QED) is 0.270. The number of rotatable bonds is 5. The predicted octanol–water partition coefficient (Wildman–Crippen LogP) is 5.87. The van der Waals surface area contributed by atoms with E-state index in [1.807, 2.05) is 19.9 Å². The number of carbonyl (C=O) groups is 3. The van der Waals surface area contributed by atoms with Gasteiger partial charge in [0.1, 0.15) is 11.9 Å². The topological polar surface area (TPSA) is 101 Å². The Hall–Kier alpha value is -1.95. The molecule has 0 aromatic rings. The minimum Gasteiger partial charge on any atom is -0.478 e. The van der Waals surface area contributed by atoms with Crippen molar-refractivity contribution in [3.05, 3.63) is 22.8 Å². The number of fused-ring (bicyclic) bond motifs is 5. The molecule has 0 heterocycles. The van der Waals surface area contributed by atoms with Crippen molar-refractivity contribution < 1.29 is 29.3 Å². The van der Waals surface area contributed by atoms with Gasteiger partial charge in [-0.25, -0.2) is 4.79 Å². The molecular formula is C31H46O6. The second-order valence-electron chi connectivity index (χ2n) is 13.4. The summed E-state index contributed by atoms with van der Waals surface area (Å²) < 4.78 is 5.86. The van der Waals surface area contributed by atoms with E-state index in [0.717, 1.165) is 24.8 Å². The van der Waals surface area contributed by atoms with Gasteiger partial charge in [-0.15, -0.1) is 0 Å². The summed E-state index contributed by atoms with van der Waals surface area (Å²) in [5.41, 5.74) is 1.42. The van der Waals surface area contributed by atoms with E-state index in [1.165, 1.54) is 6.92 Å². The number of aliphatic hydroxyl groups is 1. The summed E-state index contributed by atoms with van der Waals surface area (Å²) in [6.45, 7) is 14.3. The van der Waals surface area contributed by atoms with Crippen LogP contribution in [0.4, 0.5) is 0 Å². The van der Waals surface area contributed by atoms with Gasteiger partial charge in [-0.2, -0.15) is 0 Å².